The lowest BCUT2D eigenvalue weighted by atomic mass is 10.1. The van der Waals surface area contributed by atoms with Crippen LogP contribution >= 0.6 is 0 Å². The highest BCUT2D eigenvalue weighted by atomic mass is 16.5. The summed E-state index contributed by atoms with van der Waals surface area (Å²) in [6.45, 7) is 6.13. The summed E-state index contributed by atoms with van der Waals surface area (Å²) in [5, 5.41) is 6.90. The van der Waals surface area contributed by atoms with Gasteiger partial charge in [-0.3, -0.25) is 13.9 Å². The van der Waals surface area contributed by atoms with Gasteiger partial charge in [-0.05, 0) is 50.5 Å². The number of benzene rings is 2. The van der Waals surface area contributed by atoms with Crippen LogP contribution in [0.1, 0.15) is 37.8 Å². The van der Waals surface area contributed by atoms with Gasteiger partial charge in [0.05, 0.1) is 11.0 Å². The second-order valence-electron chi connectivity index (χ2n) is 8.11. The number of aromatic nitrogens is 4. The number of nitrogens with zero attached hydrogens (tertiary/aromatic N) is 4. The Labute approximate surface area is 185 Å². The van der Waals surface area contributed by atoms with E-state index < -0.39 is 0 Å². The SMILES string of the molecule is Cc1nc(-c2ccc3c(c2)n(CC(=O)NCCCc2ccccc2)c(=O)n3C(C)C)no1. The van der Waals surface area contributed by atoms with E-state index in [0.717, 1.165) is 23.9 Å². The van der Waals surface area contributed by atoms with E-state index in [1.165, 1.54) is 10.1 Å². The van der Waals surface area contributed by atoms with Crippen LogP contribution in [0.4, 0.5) is 0 Å². The van der Waals surface area contributed by atoms with E-state index in [-0.39, 0.29) is 24.2 Å². The van der Waals surface area contributed by atoms with Crippen LogP contribution in [0.5, 0.6) is 0 Å². The predicted molar refractivity (Wildman–Crippen MR) is 122 cm³/mol. The summed E-state index contributed by atoms with van der Waals surface area (Å²) in [6.07, 6.45) is 1.72. The molecular formula is C24H27N5O3. The fourth-order valence-electron chi connectivity index (χ4n) is 3.85. The van der Waals surface area contributed by atoms with Gasteiger partial charge >= 0.3 is 5.69 Å². The Morgan fingerprint density at radius 1 is 1.12 bits per heavy atom. The Balaban J connectivity index is 1.54. The molecule has 2 heterocycles. The van der Waals surface area contributed by atoms with E-state index in [1.54, 1.807) is 11.5 Å². The maximum Gasteiger partial charge on any atom is 0.329 e. The number of nitrogens with one attached hydrogen (secondary N) is 1. The minimum absolute atomic E-state index is 0.0431. The van der Waals surface area contributed by atoms with Gasteiger partial charge in [0.2, 0.25) is 17.6 Å². The molecule has 0 spiro atoms. The topological polar surface area (TPSA) is 95.0 Å². The van der Waals surface area contributed by atoms with Crippen molar-refractivity contribution in [2.75, 3.05) is 6.54 Å². The third-order valence-electron chi connectivity index (χ3n) is 5.37. The fourth-order valence-corrected chi connectivity index (χ4v) is 3.85. The van der Waals surface area contributed by atoms with Gasteiger partial charge in [-0.15, -0.1) is 0 Å². The molecule has 0 fully saturated rings. The van der Waals surface area contributed by atoms with Gasteiger partial charge in [-0.1, -0.05) is 35.5 Å². The molecule has 0 atom stereocenters. The monoisotopic (exact) mass is 433 g/mol. The van der Waals surface area contributed by atoms with Crippen LogP contribution in [-0.2, 0) is 17.8 Å². The molecule has 0 aliphatic rings. The smallest absolute Gasteiger partial charge is 0.329 e. The summed E-state index contributed by atoms with van der Waals surface area (Å²) in [5.74, 6) is 0.724. The number of carbonyl (C=O) groups is 1. The average Bonchev–Trinajstić information content (AvgIpc) is 3.33. The van der Waals surface area contributed by atoms with Crippen LogP contribution in [0.3, 0.4) is 0 Å². The molecule has 4 rings (SSSR count). The zero-order valence-corrected chi connectivity index (χ0v) is 18.5. The highest BCUT2D eigenvalue weighted by Gasteiger charge is 2.19. The first-order valence-corrected chi connectivity index (χ1v) is 10.8. The predicted octanol–water partition coefficient (Wildman–Crippen LogP) is 3.49. The van der Waals surface area contributed by atoms with Gasteiger partial charge in [-0.2, -0.15) is 4.98 Å². The van der Waals surface area contributed by atoms with Crippen LogP contribution in [0.2, 0.25) is 0 Å². The van der Waals surface area contributed by atoms with Crippen molar-refractivity contribution in [1.29, 1.82) is 0 Å². The lowest BCUT2D eigenvalue weighted by molar-refractivity contribution is -0.121. The summed E-state index contributed by atoms with van der Waals surface area (Å²) >= 11 is 0. The molecule has 1 N–H and O–H groups in total. The number of hydrogen-bond donors (Lipinski definition) is 1. The number of aryl methyl sites for hydroxylation is 2. The summed E-state index contributed by atoms with van der Waals surface area (Å²) < 4.78 is 8.29. The first kappa shape index (κ1) is 21.5. The second kappa shape index (κ2) is 9.21. The molecule has 4 aromatic rings. The van der Waals surface area contributed by atoms with Crippen molar-refractivity contribution < 1.29 is 9.32 Å². The van der Waals surface area contributed by atoms with Gasteiger partial charge in [0.1, 0.15) is 6.54 Å². The summed E-state index contributed by atoms with van der Waals surface area (Å²) in [7, 11) is 0. The minimum Gasteiger partial charge on any atom is -0.355 e. The van der Waals surface area contributed by atoms with E-state index in [0.29, 0.717) is 23.8 Å². The van der Waals surface area contributed by atoms with Gasteiger partial charge in [0.25, 0.3) is 0 Å². The van der Waals surface area contributed by atoms with Gasteiger partial charge in [0.15, 0.2) is 0 Å². The van der Waals surface area contributed by atoms with Crippen molar-refractivity contribution in [3.05, 3.63) is 70.5 Å². The Morgan fingerprint density at radius 3 is 2.59 bits per heavy atom. The summed E-state index contributed by atoms with van der Waals surface area (Å²) in [5.41, 5.74) is 3.19. The largest absolute Gasteiger partial charge is 0.355 e. The Morgan fingerprint density at radius 2 is 1.91 bits per heavy atom. The molecule has 8 nitrogen and oxygen atoms in total. The standard InChI is InChI=1S/C24H27N5O3/c1-16(2)29-20-12-11-19(23-26-17(3)32-27-23)14-21(20)28(24(29)31)15-22(30)25-13-7-10-18-8-5-4-6-9-18/h4-6,8-9,11-12,14,16H,7,10,13,15H2,1-3H3,(H,25,30). The third-order valence-corrected chi connectivity index (χ3v) is 5.37. The van der Waals surface area contributed by atoms with Crippen LogP contribution in [0.25, 0.3) is 22.4 Å². The Bertz CT molecular complexity index is 1280. The van der Waals surface area contributed by atoms with Crippen molar-refractivity contribution in [2.45, 2.75) is 46.2 Å². The van der Waals surface area contributed by atoms with E-state index in [4.69, 9.17) is 4.52 Å². The average molecular weight is 434 g/mol. The number of hydrogen-bond acceptors (Lipinski definition) is 5. The van der Waals surface area contributed by atoms with Crippen molar-refractivity contribution in [1.82, 2.24) is 24.6 Å². The molecule has 32 heavy (non-hydrogen) atoms. The number of amides is 1. The fraction of sp³-hybridized carbons (Fsp3) is 0.333. The van der Waals surface area contributed by atoms with Gasteiger partial charge in [0, 0.05) is 25.1 Å². The first-order chi connectivity index (χ1) is 15.4. The van der Waals surface area contributed by atoms with Crippen LogP contribution in [-0.4, -0.2) is 31.7 Å². The second-order valence-corrected chi connectivity index (χ2v) is 8.11. The molecule has 1 amide bonds. The molecular weight excluding hydrogens is 406 g/mol. The van der Waals surface area contributed by atoms with Crippen molar-refractivity contribution in [3.8, 4) is 11.4 Å². The highest BCUT2D eigenvalue weighted by Crippen LogP contribution is 2.24. The van der Waals surface area contributed by atoms with E-state index in [2.05, 4.69) is 27.6 Å². The molecule has 2 aromatic heterocycles. The molecule has 8 heteroatoms. The number of fused-ring (bicyclic) bond motifs is 1. The van der Waals surface area contributed by atoms with Crippen molar-refractivity contribution in [2.24, 2.45) is 0 Å². The van der Waals surface area contributed by atoms with Gasteiger partial charge < -0.3 is 9.84 Å². The van der Waals surface area contributed by atoms with Crippen molar-refractivity contribution in [3.63, 3.8) is 0 Å². The minimum atomic E-state index is -0.212. The Hall–Kier alpha value is -3.68. The number of imidazole rings is 1. The molecule has 0 unspecified atom stereocenters. The van der Waals surface area contributed by atoms with E-state index in [1.807, 2.05) is 50.2 Å². The molecule has 0 radical (unpaired) electrons. The lowest BCUT2D eigenvalue weighted by Crippen LogP contribution is -2.34. The normalized spacial score (nSPS) is 11.4. The quantitative estimate of drug-likeness (QED) is 0.429. The molecule has 0 saturated heterocycles. The lowest BCUT2D eigenvalue weighted by Gasteiger charge is -2.07. The Kier molecular flexibility index (Phi) is 6.20. The molecule has 0 aliphatic heterocycles. The van der Waals surface area contributed by atoms with E-state index in [9.17, 15) is 9.59 Å². The zero-order valence-electron chi connectivity index (χ0n) is 18.5. The maximum absolute atomic E-state index is 13.1. The van der Waals surface area contributed by atoms with E-state index >= 15 is 0 Å². The van der Waals surface area contributed by atoms with Crippen LogP contribution < -0.4 is 11.0 Å². The molecule has 2 aromatic carbocycles. The molecule has 166 valence electrons. The van der Waals surface area contributed by atoms with Crippen LogP contribution in [0.15, 0.2) is 57.8 Å². The first-order valence-electron chi connectivity index (χ1n) is 10.8. The summed E-state index contributed by atoms with van der Waals surface area (Å²) in [6, 6.07) is 15.7. The molecule has 0 aliphatic carbocycles. The zero-order chi connectivity index (χ0) is 22.7. The summed E-state index contributed by atoms with van der Waals surface area (Å²) in [4.78, 5) is 30.0. The molecule has 0 bridgehead atoms. The van der Waals surface area contributed by atoms with Crippen LogP contribution in [0, 0.1) is 6.92 Å². The maximum atomic E-state index is 13.1. The highest BCUT2D eigenvalue weighted by molar-refractivity contribution is 5.84. The molecule has 0 saturated carbocycles. The third kappa shape index (κ3) is 4.49. The van der Waals surface area contributed by atoms with Crippen molar-refractivity contribution >= 4 is 16.9 Å². The van der Waals surface area contributed by atoms with Gasteiger partial charge in [-0.25, -0.2) is 4.79 Å². The number of rotatable bonds is 8. The number of carbonyl (C=O) groups excluding carboxylic acids is 1.